The fourth-order valence-electron chi connectivity index (χ4n) is 7.18. The summed E-state index contributed by atoms with van der Waals surface area (Å²) >= 11 is 0. The first kappa shape index (κ1) is 35.4. The predicted octanol–water partition coefficient (Wildman–Crippen LogP) is 5.21. The minimum atomic E-state index is 0.742. The van der Waals surface area contributed by atoms with Gasteiger partial charge in [-0.2, -0.15) is 0 Å². The van der Waals surface area contributed by atoms with Gasteiger partial charge in [0, 0.05) is 93.8 Å². The molecule has 0 bridgehead atoms. The largest absolute Gasteiger partial charge is 0.313 e. The lowest BCUT2D eigenvalue weighted by Gasteiger charge is -2.32. The predicted molar refractivity (Wildman–Crippen MR) is 210 cm³/mol. The Morgan fingerprint density at radius 3 is 1.65 bits per heavy atom. The molecule has 0 amide bonds. The summed E-state index contributed by atoms with van der Waals surface area (Å²) in [7, 11) is 4.43. The van der Waals surface area contributed by atoms with Gasteiger partial charge in [0.05, 0.1) is 5.69 Å². The maximum absolute atomic E-state index is 5.21. The topological polar surface area (TPSA) is 67.7 Å². The molecule has 2 N–H and O–H groups in total. The van der Waals surface area contributed by atoms with E-state index in [1.807, 2.05) is 0 Å². The van der Waals surface area contributed by atoms with Crippen molar-refractivity contribution in [2.45, 2.75) is 25.9 Å². The SMILES string of the molecule is CN1CCN(CCCNCc2ccc(-c3nc(-c4ccc(CNCCCN5CCN(C)CC5)cc4)c4ccn(-c5ccccc5)c4n3)cc2)CC1. The number of likely N-dealkylation sites (N-methyl/N-ethyl adjacent to an activating group) is 2. The van der Waals surface area contributed by atoms with Crippen LogP contribution in [0.2, 0.25) is 0 Å². The Hall–Kier alpha value is -3.96. The van der Waals surface area contributed by atoms with E-state index >= 15 is 0 Å². The van der Waals surface area contributed by atoms with Crippen molar-refractivity contribution < 1.29 is 0 Å². The van der Waals surface area contributed by atoms with Crippen molar-refractivity contribution in [3.8, 4) is 28.3 Å². The maximum atomic E-state index is 5.21. The van der Waals surface area contributed by atoms with E-state index in [-0.39, 0.29) is 0 Å². The van der Waals surface area contributed by atoms with Gasteiger partial charge in [-0.25, -0.2) is 9.97 Å². The fourth-order valence-corrected chi connectivity index (χ4v) is 7.18. The molecule has 9 nitrogen and oxygen atoms in total. The Balaban J connectivity index is 1.01. The summed E-state index contributed by atoms with van der Waals surface area (Å²) in [6, 6.07) is 30.2. The Bertz CT molecular complexity index is 1790. The van der Waals surface area contributed by atoms with Crippen molar-refractivity contribution in [2.24, 2.45) is 0 Å². The number of hydrogen-bond donors (Lipinski definition) is 2. The second-order valence-electron chi connectivity index (χ2n) is 14.4. The lowest BCUT2D eigenvalue weighted by molar-refractivity contribution is 0.153. The first-order valence-corrected chi connectivity index (χ1v) is 19.0. The molecule has 0 unspecified atom stereocenters. The van der Waals surface area contributed by atoms with Gasteiger partial charge in [-0.1, -0.05) is 66.7 Å². The van der Waals surface area contributed by atoms with Crippen molar-refractivity contribution in [2.75, 3.05) is 92.6 Å². The third-order valence-electron chi connectivity index (χ3n) is 10.5. The number of hydrogen-bond acceptors (Lipinski definition) is 8. The van der Waals surface area contributed by atoms with Crippen molar-refractivity contribution in [1.29, 1.82) is 0 Å². The Morgan fingerprint density at radius 2 is 1.10 bits per heavy atom. The molecule has 9 heteroatoms. The van der Waals surface area contributed by atoms with E-state index in [0.29, 0.717) is 0 Å². The van der Waals surface area contributed by atoms with Crippen LogP contribution in [0.4, 0.5) is 0 Å². The third-order valence-corrected chi connectivity index (χ3v) is 10.5. The van der Waals surface area contributed by atoms with Crippen LogP contribution in [0, 0.1) is 0 Å². The molecule has 0 atom stereocenters. The highest BCUT2D eigenvalue weighted by Crippen LogP contribution is 2.31. The number of benzene rings is 3. The van der Waals surface area contributed by atoms with E-state index < -0.39 is 0 Å². The fraction of sp³-hybridized carbons (Fsp3) is 0.429. The zero-order valence-electron chi connectivity index (χ0n) is 30.6. The van der Waals surface area contributed by atoms with Gasteiger partial charge in [0.15, 0.2) is 5.82 Å². The summed E-state index contributed by atoms with van der Waals surface area (Å²) in [6.45, 7) is 15.6. The average Bonchev–Trinajstić information content (AvgIpc) is 3.61. The third kappa shape index (κ3) is 9.48. The van der Waals surface area contributed by atoms with Crippen LogP contribution in [0.1, 0.15) is 24.0 Å². The summed E-state index contributed by atoms with van der Waals surface area (Å²) in [4.78, 5) is 20.4. The lowest BCUT2D eigenvalue weighted by Crippen LogP contribution is -2.45. The molecule has 2 aromatic heterocycles. The van der Waals surface area contributed by atoms with Crippen LogP contribution < -0.4 is 10.6 Å². The van der Waals surface area contributed by atoms with E-state index in [4.69, 9.17) is 9.97 Å². The summed E-state index contributed by atoms with van der Waals surface area (Å²) < 4.78 is 2.17. The molecule has 2 aliphatic rings. The van der Waals surface area contributed by atoms with Crippen molar-refractivity contribution in [3.63, 3.8) is 0 Å². The summed E-state index contributed by atoms with van der Waals surface area (Å²) in [5.41, 5.74) is 7.65. The highest BCUT2D eigenvalue weighted by atomic mass is 15.2. The molecule has 2 saturated heterocycles. The zero-order chi connectivity index (χ0) is 34.8. The second kappa shape index (κ2) is 17.5. The first-order valence-electron chi connectivity index (χ1n) is 19.0. The molecular weight excluding hydrogens is 631 g/mol. The molecule has 51 heavy (non-hydrogen) atoms. The molecule has 2 aliphatic heterocycles. The monoisotopic (exact) mass is 685 g/mol. The molecule has 3 aromatic carbocycles. The summed E-state index contributed by atoms with van der Waals surface area (Å²) in [5.74, 6) is 0.742. The minimum Gasteiger partial charge on any atom is -0.313 e. The van der Waals surface area contributed by atoms with Gasteiger partial charge in [-0.3, -0.25) is 0 Å². The number of piperazine rings is 2. The van der Waals surface area contributed by atoms with Gasteiger partial charge >= 0.3 is 0 Å². The smallest absolute Gasteiger partial charge is 0.162 e. The van der Waals surface area contributed by atoms with Crippen molar-refractivity contribution in [3.05, 3.63) is 102 Å². The van der Waals surface area contributed by atoms with E-state index in [9.17, 15) is 0 Å². The molecule has 4 heterocycles. The van der Waals surface area contributed by atoms with E-state index in [1.165, 1.54) is 89.4 Å². The second-order valence-corrected chi connectivity index (χ2v) is 14.4. The van der Waals surface area contributed by atoms with Crippen molar-refractivity contribution in [1.82, 2.24) is 44.8 Å². The Morgan fingerprint density at radius 1 is 0.569 bits per heavy atom. The highest BCUT2D eigenvalue weighted by molar-refractivity contribution is 5.93. The molecule has 268 valence electrons. The molecule has 0 aliphatic carbocycles. The number of rotatable bonds is 15. The van der Waals surface area contributed by atoms with Crippen LogP contribution in [0.15, 0.2) is 91.1 Å². The standard InChI is InChI=1S/C42H55N9/c1-47-24-28-49(29-25-47)21-6-19-43-32-34-10-14-36(15-11-34)40-39-18-23-51(38-8-4-3-5-9-38)42(39)46-41(45-40)37-16-12-35(13-17-37)33-44-20-7-22-50-30-26-48(2)27-31-50/h3-5,8-18,23,43-44H,6-7,19-22,24-33H2,1-2H3. The van der Waals surface area contributed by atoms with E-state index in [1.54, 1.807) is 0 Å². The van der Waals surface area contributed by atoms with Crippen LogP contribution >= 0.6 is 0 Å². The highest BCUT2D eigenvalue weighted by Gasteiger charge is 2.17. The number of aromatic nitrogens is 3. The zero-order valence-corrected chi connectivity index (χ0v) is 30.6. The molecule has 0 radical (unpaired) electrons. The number of para-hydroxylation sites is 1. The van der Waals surface area contributed by atoms with E-state index in [2.05, 4.69) is 140 Å². The van der Waals surface area contributed by atoms with E-state index in [0.717, 1.165) is 65.5 Å². The molecule has 0 spiro atoms. The lowest BCUT2D eigenvalue weighted by atomic mass is 10.1. The van der Waals surface area contributed by atoms with Crippen LogP contribution in [0.5, 0.6) is 0 Å². The van der Waals surface area contributed by atoms with Gasteiger partial charge in [0.1, 0.15) is 5.65 Å². The molecule has 5 aromatic rings. The number of nitrogens with one attached hydrogen (secondary N) is 2. The van der Waals surface area contributed by atoms with Crippen LogP contribution in [-0.4, -0.2) is 127 Å². The molecular formula is C42H55N9. The minimum absolute atomic E-state index is 0.742. The summed E-state index contributed by atoms with van der Waals surface area (Å²) in [5, 5.41) is 8.35. The van der Waals surface area contributed by atoms with Gasteiger partial charge in [-0.05, 0) is 82.4 Å². The number of fused-ring (bicyclic) bond motifs is 1. The molecule has 2 fully saturated rings. The molecule has 7 rings (SSSR count). The van der Waals surface area contributed by atoms with Crippen LogP contribution in [-0.2, 0) is 13.1 Å². The first-order chi connectivity index (χ1) is 25.1. The summed E-state index contributed by atoms with van der Waals surface area (Å²) in [6.07, 6.45) is 4.46. The van der Waals surface area contributed by atoms with Gasteiger partial charge in [0.25, 0.3) is 0 Å². The van der Waals surface area contributed by atoms with Crippen LogP contribution in [0.25, 0.3) is 39.4 Å². The quantitative estimate of drug-likeness (QED) is 0.146. The Labute approximate surface area is 304 Å². The van der Waals surface area contributed by atoms with Crippen LogP contribution in [0.3, 0.4) is 0 Å². The Kier molecular flexibility index (Phi) is 12.2. The normalized spacial score (nSPS) is 16.7. The van der Waals surface area contributed by atoms with Gasteiger partial charge in [-0.15, -0.1) is 0 Å². The molecule has 0 saturated carbocycles. The van der Waals surface area contributed by atoms with Gasteiger partial charge < -0.3 is 34.8 Å². The van der Waals surface area contributed by atoms with Crippen molar-refractivity contribution >= 4 is 11.0 Å². The van der Waals surface area contributed by atoms with Gasteiger partial charge in [0.2, 0.25) is 0 Å². The number of nitrogens with zero attached hydrogens (tertiary/aromatic N) is 7. The maximum Gasteiger partial charge on any atom is 0.162 e. The average molecular weight is 686 g/mol.